The minimum Gasteiger partial charge on any atom is -0.465 e. The lowest BCUT2D eigenvalue weighted by atomic mass is 10.1. The highest BCUT2D eigenvalue weighted by atomic mass is 35.5. The number of amides is 2. The number of carbonyl (C=O) groups excluding carboxylic acids is 3. The lowest BCUT2D eigenvalue weighted by Crippen LogP contribution is -2.50. The summed E-state index contributed by atoms with van der Waals surface area (Å²) in [6.45, 7) is 1.56. The molecule has 0 saturated carbocycles. The highest BCUT2D eigenvalue weighted by Crippen LogP contribution is 2.22. The fourth-order valence-electron chi connectivity index (χ4n) is 2.66. The number of alkyl halides is 1. The fraction of sp³-hybridized carbons (Fsp3) is 0.227. The van der Waals surface area contributed by atoms with Crippen molar-refractivity contribution in [2.24, 2.45) is 0 Å². The van der Waals surface area contributed by atoms with E-state index in [1.54, 1.807) is 43.3 Å². The van der Waals surface area contributed by atoms with Crippen LogP contribution in [0.5, 0.6) is 0 Å². The SMILES string of the molecule is CCOC(=O)CNC(=O)C(/C=C/c1ccccc1)N(C(=O)CCl)c1ccc(Cl)cc1. The standard InChI is InChI=1S/C22H22Cl2N2O4/c1-2-30-21(28)15-25-22(29)19(13-8-16-6-4-3-5-7-16)26(20(27)14-23)18-11-9-17(24)10-12-18/h3-13,19H,2,14-15H2,1H3,(H,25,29)/b13-8+. The molecule has 0 heterocycles. The van der Waals surface area contributed by atoms with Crippen molar-refractivity contribution in [1.82, 2.24) is 5.32 Å². The summed E-state index contributed by atoms with van der Waals surface area (Å²) in [6, 6.07) is 14.7. The van der Waals surface area contributed by atoms with Crippen LogP contribution in [0.3, 0.4) is 0 Å². The van der Waals surface area contributed by atoms with Crippen molar-refractivity contribution in [3.05, 3.63) is 71.3 Å². The summed E-state index contributed by atoms with van der Waals surface area (Å²) < 4.78 is 4.84. The Bertz CT molecular complexity index is 886. The van der Waals surface area contributed by atoms with E-state index in [0.717, 1.165) is 5.56 Å². The molecule has 0 bridgehead atoms. The van der Waals surface area contributed by atoms with Crippen LogP contribution < -0.4 is 10.2 Å². The van der Waals surface area contributed by atoms with Crippen molar-refractivity contribution in [2.45, 2.75) is 13.0 Å². The third kappa shape index (κ3) is 6.90. The third-order valence-corrected chi connectivity index (χ3v) is 4.50. The Morgan fingerprint density at radius 1 is 1.10 bits per heavy atom. The first kappa shape index (κ1) is 23.4. The maximum absolute atomic E-state index is 12.9. The first-order chi connectivity index (χ1) is 14.5. The average molecular weight is 449 g/mol. The Morgan fingerprint density at radius 2 is 1.77 bits per heavy atom. The molecule has 2 rings (SSSR count). The van der Waals surface area contributed by atoms with Gasteiger partial charge in [0.25, 0.3) is 0 Å². The summed E-state index contributed by atoms with van der Waals surface area (Å²) in [5.41, 5.74) is 1.29. The molecule has 30 heavy (non-hydrogen) atoms. The van der Waals surface area contributed by atoms with Crippen molar-refractivity contribution in [2.75, 3.05) is 23.9 Å². The minimum atomic E-state index is -1.05. The van der Waals surface area contributed by atoms with E-state index in [1.807, 2.05) is 30.3 Å². The highest BCUT2D eigenvalue weighted by molar-refractivity contribution is 6.31. The van der Waals surface area contributed by atoms with Crippen LogP contribution in [0.4, 0.5) is 5.69 Å². The molecule has 0 aliphatic rings. The van der Waals surface area contributed by atoms with Crippen LogP contribution in [0.2, 0.25) is 5.02 Å². The van der Waals surface area contributed by atoms with E-state index in [0.29, 0.717) is 10.7 Å². The second-order valence-electron chi connectivity index (χ2n) is 6.11. The fourth-order valence-corrected chi connectivity index (χ4v) is 2.91. The topological polar surface area (TPSA) is 75.7 Å². The van der Waals surface area contributed by atoms with Crippen LogP contribution in [0.1, 0.15) is 12.5 Å². The van der Waals surface area contributed by atoms with Crippen molar-refractivity contribution in [3.63, 3.8) is 0 Å². The Hall–Kier alpha value is -2.83. The second-order valence-corrected chi connectivity index (χ2v) is 6.81. The van der Waals surface area contributed by atoms with E-state index in [4.69, 9.17) is 27.9 Å². The Kier molecular flexibility index (Phi) is 9.38. The van der Waals surface area contributed by atoms with Gasteiger partial charge in [0.1, 0.15) is 18.5 Å². The average Bonchev–Trinajstić information content (AvgIpc) is 2.76. The van der Waals surface area contributed by atoms with Gasteiger partial charge in [0.2, 0.25) is 11.8 Å². The van der Waals surface area contributed by atoms with Gasteiger partial charge in [-0.15, -0.1) is 11.6 Å². The summed E-state index contributed by atoms with van der Waals surface area (Å²) in [7, 11) is 0. The molecule has 6 nitrogen and oxygen atoms in total. The highest BCUT2D eigenvalue weighted by Gasteiger charge is 2.29. The molecule has 2 aromatic rings. The van der Waals surface area contributed by atoms with E-state index in [9.17, 15) is 14.4 Å². The molecule has 8 heteroatoms. The number of nitrogens with zero attached hydrogens (tertiary/aromatic N) is 1. The molecule has 0 spiro atoms. The van der Waals surface area contributed by atoms with Crippen LogP contribution >= 0.6 is 23.2 Å². The number of hydrogen-bond acceptors (Lipinski definition) is 4. The smallest absolute Gasteiger partial charge is 0.325 e. The van der Waals surface area contributed by atoms with Crippen molar-refractivity contribution >= 4 is 52.7 Å². The van der Waals surface area contributed by atoms with Gasteiger partial charge in [0.05, 0.1) is 6.61 Å². The molecule has 0 radical (unpaired) electrons. The quantitative estimate of drug-likeness (QED) is 0.468. The summed E-state index contributed by atoms with van der Waals surface area (Å²) in [5.74, 6) is -1.93. The molecule has 2 aromatic carbocycles. The summed E-state index contributed by atoms with van der Waals surface area (Å²) in [5, 5.41) is 3.00. The van der Waals surface area contributed by atoms with E-state index in [-0.39, 0.29) is 19.0 Å². The van der Waals surface area contributed by atoms with Crippen molar-refractivity contribution in [3.8, 4) is 0 Å². The molecule has 0 aliphatic carbocycles. The molecule has 1 unspecified atom stereocenters. The third-order valence-electron chi connectivity index (χ3n) is 4.02. The molecule has 1 atom stereocenters. The number of anilines is 1. The number of hydrogen-bond donors (Lipinski definition) is 1. The number of rotatable bonds is 9. The van der Waals surface area contributed by atoms with Gasteiger partial charge in [-0.3, -0.25) is 19.3 Å². The zero-order valence-electron chi connectivity index (χ0n) is 16.4. The summed E-state index contributed by atoms with van der Waals surface area (Å²) >= 11 is 11.8. The number of ether oxygens (including phenoxy) is 1. The van der Waals surface area contributed by atoms with Gasteiger partial charge in [-0.1, -0.05) is 54.1 Å². The largest absolute Gasteiger partial charge is 0.465 e. The number of carbonyl (C=O) groups is 3. The van der Waals surface area contributed by atoms with Gasteiger partial charge in [-0.25, -0.2) is 0 Å². The predicted molar refractivity (Wildman–Crippen MR) is 119 cm³/mol. The summed E-state index contributed by atoms with van der Waals surface area (Å²) in [6.07, 6.45) is 3.30. The van der Waals surface area contributed by atoms with Gasteiger partial charge in [0, 0.05) is 10.7 Å². The zero-order chi connectivity index (χ0) is 21.9. The Morgan fingerprint density at radius 3 is 2.37 bits per heavy atom. The molecule has 0 fully saturated rings. The van der Waals surface area contributed by atoms with Crippen LogP contribution in [-0.2, 0) is 19.1 Å². The molecular weight excluding hydrogens is 427 g/mol. The van der Waals surface area contributed by atoms with E-state index in [1.165, 1.54) is 4.90 Å². The van der Waals surface area contributed by atoms with Gasteiger partial charge in [-0.2, -0.15) is 0 Å². The van der Waals surface area contributed by atoms with E-state index < -0.39 is 23.8 Å². The molecule has 2 amide bonds. The monoisotopic (exact) mass is 448 g/mol. The number of benzene rings is 2. The van der Waals surface area contributed by atoms with Gasteiger partial charge in [0.15, 0.2) is 0 Å². The first-order valence-electron chi connectivity index (χ1n) is 9.26. The molecule has 0 aliphatic heterocycles. The van der Waals surface area contributed by atoms with Gasteiger partial charge < -0.3 is 10.1 Å². The maximum Gasteiger partial charge on any atom is 0.325 e. The van der Waals surface area contributed by atoms with Crippen molar-refractivity contribution in [1.29, 1.82) is 0 Å². The maximum atomic E-state index is 12.9. The second kappa shape index (κ2) is 12.0. The lowest BCUT2D eigenvalue weighted by Gasteiger charge is -2.28. The van der Waals surface area contributed by atoms with E-state index in [2.05, 4.69) is 5.32 Å². The number of esters is 1. The lowest BCUT2D eigenvalue weighted by molar-refractivity contribution is -0.143. The minimum absolute atomic E-state index is 0.202. The van der Waals surface area contributed by atoms with Gasteiger partial charge >= 0.3 is 5.97 Å². The molecule has 1 N–H and O–H groups in total. The normalized spacial score (nSPS) is 11.7. The zero-order valence-corrected chi connectivity index (χ0v) is 17.9. The Labute approximate surface area is 185 Å². The molecule has 0 aromatic heterocycles. The molecule has 0 saturated heterocycles. The van der Waals surface area contributed by atoms with Crippen LogP contribution in [0, 0.1) is 0 Å². The molecular formula is C22H22Cl2N2O4. The van der Waals surface area contributed by atoms with Crippen LogP contribution in [0.15, 0.2) is 60.7 Å². The van der Waals surface area contributed by atoms with Crippen molar-refractivity contribution < 1.29 is 19.1 Å². The molecule has 158 valence electrons. The number of halogens is 2. The van der Waals surface area contributed by atoms with E-state index >= 15 is 0 Å². The number of nitrogens with one attached hydrogen (secondary N) is 1. The predicted octanol–water partition coefficient (Wildman–Crippen LogP) is 3.67. The van der Waals surface area contributed by atoms with Crippen LogP contribution in [-0.4, -0.2) is 42.9 Å². The van der Waals surface area contributed by atoms with Crippen LogP contribution in [0.25, 0.3) is 6.08 Å². The van der Waals surface area contributed by atoms with Gasteiger partial charge in [-0.05, 0) is 36.8 Å². The Balaban J connectivity index is 2.38. The summed E-state index contributed by atoms with van der Waals surface area (Å²) in [4.78, 5) is 38.5. The first-order valence-corrected chi connectivity index (χ1v) is 10.2.